The molecule has 0 aromatic heterocycles. The van der Waals surface area contributed by atoms with Crippen LogP contribution in [0.1, 0.15) is 46.0 Å². The van der Waals surface area contributed by atoms with Crippen LogP contribution in [0.15, 0.2) is 0 Å². The van der Waals surface area contributed by atoms with E-state index in [0.717, 1.165) is 25.3 Å². The van der Waals surface area contributed by atoms with Gasteiger partial charge in [-0.1, -0.05) is 20.3 Å². The molecule has 2 N–H and O–H groups in total. The lowest BCUT2D eigenvalue weighted by Gasteiger charge is -2.47. The second-order valence-electron chi connectivity index (χ2n) is 6.08. The van der Waals surface area contributed by atoms with Crippen molar-refractivity contribution in [1.82, 2.24) is 9.80 Å². The van der Waals surface area contributed by atoms with Crippen LogP contribution in [0, 0.1) is 5.92 Å². The molecule has 0 aromatic carbocycles. The normalized spacial score (nSPS) is 27.6. The van der Waals surface area contributed by atoms with Crippen LogP contribution < -0.4 is 5.73 Å². The van der Waals surface area contributed by atoms with Gasteiger partial charge < -0.3 is 10.6 Å². The molecule has 0 aliphatic heterocycles. The molecule has 1 aliphatic rings. The standard InChI is InChI=1S/C15H31N3O/c1-5-13-7-9-15(12-16,10-8-13)18(6-2)11-14(19)17(3)4/h13H,5-12,16H2,1-4H3. The number of nitrogens with zero attached hydrogens (tertiary/aromatic N) is 2. The van der Waals surface area contributed by atoms with Crippen molar-refractivity contribution in [3.63, 3.8) is 0 Å². The van der Waals surface area contributed by atoms with Crippen molar-refractivity contribution in [3.8, 4) is 0 Å². The molecule has 0 atom stereocenters. The Morgan fingerprint density at radius 3 is 2.21 bits per heavy atom. The zero-order chi connectivity index (χ0) is 14.5. The third-order valence-electron chi connectivity index (χ3n) is 4.87. The molecular weight excluding hydrogens is 238 g/mol. The van der Waals surface area contributed by atoms with Crippen LogP contribution in [-0.4, -0.2) is 55.0 Å². The van der Waals surface area contributed by atoms with Gasteiger partial charge in [0.2, 0.25) is 5.91 Å². The van der Waals surface area contributed by atoms with E-state index in [1.165, 1.54) is 19.3 Å². The number of hydrogen-bond donors (Lipinski definition) is 1. The SMILES string of the molecule is CCC1CCC(CN)(N(CC)CC(=O)N(C)C)CC1. The van der Waals surface area contributed by atoms with E-state index < -0.39 is 0 Å². The van der Waals surface area contributed by atoms with Gasteiger partial charge in [-0.15, -0.1) is 0 Å². The summed E-state index contributed by atoms with van der Waals surface area (Å²) in [6.45, 7) is 6.46. The maximum Gasteiger partial charge on any atom is 0.236 e. The molecule has 0 spiro atoms. The highest BCUT2D eigenvalue weighted by Gasteiger charge is 2.39. The molecule has 1 fully saturated rings. The minimum Gasteiger partial charge on any atom is -0.348 e. The van der Waals surface area contributed by atoms with Gasteiger partial charge in [-0.3, -0.25) is 9.69 Å². The van der Waals surface area contributed by atoms with Crippen molar-refractivity contribution >= 4 is 5.91 Å². The van der Waals surface area contributed by atoms with E-state index in [-0.39, 0.29) is 11.4 Å². The molecule has 0 saturated heterocycles. The Hall–Kier alpha value is -0.610. The molecule has 1 saturated carbocycles. The van der Waals surface area contributed by atoms with E-state index >= 15 is 0 Å². The van der Waals surface area contributed by atoms with E-state index in [1.54, 1.807) is 4.90 Å². The van der Waals surface area contributed by atoms with E-state index in [2.05, 4.69) is 18.7 Å². The number of carbonyl (C=O) groups is 1. The van der Waals surface area contributed by atoms with E-state index in [4.69, 9.17) is 5.73 Å². The summed E-state index contributed by atoms with van der Waals surface area (Å²) in [6.07, 6.45) is 6.04. The van der Waals surface area contributed by atoms with Gasteiger partial charge >= 0.3 is 0 Å². The largest absolute Gasteiger partial charge is 0.348 e. The first-order valence-electron chi connectivity index (χ1n) is 7.64. The zero-order valence-electron chi connectivity index (χ0n) is 13.1. The summed E-state index contributed by atoms with van der Waals surface area (Å²) in [5, 5.41) is 0. The molecule has 4 heteroatoms. The Labute approximate surface area is 118 Å². The van der Waals surface area contributed by atoms with Gasteiger partial charge in [0.15, 0.2) is 0 Å². The number of rotatable bonds is 6. The van der Waals surface area contributed by atoms with Gasteiger partial charge in [-0.05, 0) is 38.1 Å². The van der Waals surface area contributed by atoms with Crippen LogP contribution >= 0.6 is 0 Å². The van der Waals surface area contributed by atoms with Crippen LogP contribution in [0.25, 0.3) is 0 Å². The van der Waals surface area contributed by atoms with Gasteiger partial charge in [-0.25, -0.2) is 0 Å². The summed E-state index contributed by atoms with van der Waals surface area (Å²) in [7, 11) is 3.64. The quantitative estimate of drug-likeness (QED) is 0.798. The lowest BCUT2D eigenvalue weighted by molar-refractivity contribution is -0.132. The maximum atomic E-state index is 12.0. The van der Waals surface area contributed by atoms with E-state index in [0.29, 0.717) is 13.1 Å². The average molecular weight is 269 g/mol. The molecule has 1 amide bonds. The highest BCUT2D eigenvalue weighted by atomic mass is 16.2. The molecule has 4 nitrogen and oxygen atoms in total. The summed E-state index contributed by atoms with van der Waals surface area (Å²) in [4.78, 5) is 16.0. The third kappa shape index (κ3) is 3.93. The van der Waals surface area contributed by atoms with Crippen molar-refractivity contribution in [2.45, 2.75) is 51.5 Å². The zero-order valence-corrected chi connectivity index (χ0v) is 13.1. The lowest BCUT2D eigenvalue weighted by atomic mass is 9.74. The van der Waals surface area contributed by atoms with Crippen LogP contribution in [0.5, 0.6) is 0 Å². The summed E-state index contributed by atoms with van der Waals surface area (Å²) < 4.78 is 0. The van der Waals surface area contributed by atoms with Crippen molar-refractivity contribution in [2.75, 3.05) is 33.7 Å². The fourth-order valence-electron chi connectivity index (χ4n) is 3.19. The smallest absolute Gasteiger partial charge is 0.236 e. The molecule has 112 valence electrons. The number of amides is 1. The van der Waals surface area contributed by atoms with Crippen LogP contribution in [0.3, 0.4) is 0 Å². The van der Waals surface area contributed by atoms with Crippen LogP contribution in [0.2, 0.25) is 0 Å². The number of nitrogens with two attached hydrogens (primary N) is 1. The monoisotopic (exact) mass is 269 g/mol. The molecule has 0 radical (unpaired) electrons. The van der Waals surface area contributed by atoms with Crippen LogP contribution in [0.4, 0.5) is 0 Å². The number of likely N-dealkylation sites (N-methyl/N-ethyl adjacent to an activating group) is 2. The molecular formula is C15H31N3O. The van der Waals surface area contributed by atoms with Gasteiger partial charge in [-0.2, -0.15) is 0 Å². The Kier molecular flexibility index (Phi) is 6.27. The van der Waals surface area contributed by atoms with Gasteiger partial charge in [0.1, 0.15) is 0 Å². The predicted octanol–water partition coefficient (Wildman–Crippen LogP) is 1.69. The first kappa shape index (κ1) is 16.4. The molecule has 1 aliphatic carbocycles. The van der Waals surface area contributed by atoms with Gasteiger partial charge in [0.05, 0.1) is 6.54 Å². The highest BCUT2D eigenvalue weighted by molar-refractivity contribution is 5.77. The first-order valence-corrected chi connectivity index (χ1v) is 7.64. The summed E-state index contributed by atoms with van der Waals surface area (Å²) in [5.41, 5.74) is 6.13. The van der Waals surface area contributed by atoms with Crippen molar-refractivity contribution in [3.05, 3.63) is 0 Å². The highest BCUT2D eigenvalue weighted by Crippen LogP contribution is 2.37. The van der Waals surface area contributed by atoms with Gasteiger partial charge in [0, 0.05) is 26.2 Å². The van der Waals surface area contributed by atoms with Crippen molar-refractivity contribution in [1.29, 1.82) is 0 Å². The first-order chi connectivity index (χ1) is 8.99. The van der Waals surface area contributed by atoms with E-state index in [1.807, 2.05) is 14.1 Å². The molecule has 0 bridgehead atoms. The predicted molar refractivity (Wildman–Crippen MR) is 80.0 cm³/mol. The lowest BCUT2D eigenvalue weighted by Crippen LogP contribution is -2.57. The minimum atomic E-state index is 0.0477. The summed E-state index contributed by atoms with van der Waals surface area (Å²) in [6, 6.07) is 0. The maximum absolute atomic E-state index is 12.0. The Morgan fingerprint density at radius 2 is 1.84 bits per heavy atom. The van der Waals surface area contributed by atoms with Crippen molar-refractivity contribution in [2.24, 2.45) is 11.7 Å². The molecule has 0 unspecified atom stereocenters. The second kappa shape index (κ2) is 7.25. The van der Waals surface area contributed by atoms with Crippen molar-refractivity contribution < 1.29 is 4.79 Å². The second-order valence-corrected chi connectivity index (χ2v) is 6.08. The number of carbonyl (C=O) groups excluding carboxylic acids is 1. The molecule has 0 aromatic rings. The van der Waals surface area contributed by atoms with Gasteiger partial charge in [0.25, 0.3) is 0 Å². The fraction of sp³-hybridized carbons (Fsp3) is 0.933. The summed E-state index contributed by atoms with van der Waals surface area (Å²) >= 11 is 0. The van der Waals surface area contributed by atoms with E-state index in [9.17, 15) is 4.79 Å². The summed E-state index contributed by atoms with van der Waals surface area (Å²) in [5.74, 6) is 1.02. The number of hydrogen-bond acceptors (Lipinski definition) is 3. The molecule has 0 heterocycles. The van der Waals surface area contributed by atoms with Crippen LogP contribution in [-0.2, 0) is 4.79 Å². The third-order valence-corrected chi connectivity index (χ3v) is 4.87. The Morgan fingerprint density at radius 1 is 1.26 bits per heavy atom. The molecule has 19 heavy (non-hydrogen) atoms. The topological polar surface area (TPSA) is 49.6 Å². The Balaban J connectivity index is 2.72. The minimum absolute atomic E-state index is 0.0477. The average Bonchev–Trinajstić information content (AvgIpc) is 2.44. The molecule has 1 rings (SSSR count). The Bertz CT molecular complexity index is 283. The fourth-order valence-corrected chi connectivity index (χ4v) is 3.19.